The molecule has 1 N–H and O–H groups in total. The smallest absolute Gasteiger partial charge is 0.110 e. The molecule has 0 unspecified atom stereocenters. The van der Waals surface area contributed by atoms with Crippen LogP contribution in [-0.2, 0) is 11.8 Å². The highest BCUT2D eigenvalue weighted by Gasteiger charge is 2.24. The molecular weight excluding hydrogens is 409 g/mol. The maximum Gasteiger partial charge on any atom is 0.110 e. The van der Waals surface area contributed by atoms with Gasteiger partial charge in [0.2, 0.25) is 0 Å². The molecule has 4 aromatic carbocycles. The van der Waals surface area contributed by atoms with Crippen LogP contribution in [0.5, 0.6) is 0 Å². The summed E-state index contributed by atoms with van der Waals surface area (Å²) in [5.41, 5.74) is 1.95. The molecule has 0 amide bonds. The zero-order valence-electron chi connectivity index (χ0n) is 15.7. The van der Waals surface area contributed by atoms with Gasteiger partial charge in [0.1, 0.15) is 4.99 Å². The first-order chi connectivity index (χ1) is 14.2. The van der Waals surface area contributed by atoms with Crippen LogP contribution in [0.15, 0.2) is 115 Å². The van der Waals surface area contributed by atoms with Gasteiger partial charge in [0.15, 0.2) is 0 Å². The van der Waals surface area contributed by atoms with Crippen molar-refractivity contribution in [3.63, 3.8) is 0 Å². The predicted octanol–water partition coefficient (Wildman–Crippen LogP) is 5.23. The molecule has 0 aliphatic carbocycles. The lowest BCUT2D eigenvalue weighted by Crippen LogP contribution is -2.25. The fourth-order valence-electron chi connectivity index (χ4n) is 3.30. The summed E-state index contributed by atoms with van der Waals surface area (Å²) in [7, 11) is 0. The van der Waals surface area contributed by atoms with Crippen molar-refractivity contribution in [2.24, 2.45) is 0 Å². The zero-order chi connectivity index (χ0) is 20.1. The Morgan fingerprint density at radius 2 is 1.07 bits per heavy atom. The Balaban J connectivity index is 1.76. The van der Waals surface area contributed by atoms with Crippen molar-refractivity contribution in [3.05, 3.63) is 121 Å². The standard InChI is InChI=1S/C25H20NPS2/c28-25(20-11-4-1-5-12-20)26-21-13-10-18-24(19-21)27(29,22-14-6-2-7-15-22)23-16-8-3-9-17-23/h1-19H,(H,26,28). The van der Waals surface area contributed by atoms with Crippen LogP contribution in [0.1, 0.15) is 5.56 Å². The summed E-state index contributed by atoms with van der Waals surface area (Å²) in [6, 6.07) is 37.1. The van der Waals surface area contributed by atoms with Crippen LogP contribution >= 0.6 is 18.3 Å². The SMILES string of the molecule is S=C(Nc1cccc(P(=S)(c2ccccc2)c2ccccc2)c1)c1ccccc1. The third-order valence-corrected chi connectivity index (χ3v) is 10.0. The van der Waals surface area contributed by atoms with E-state index in [0.29, 0.717) is 4.99 Å². The van der Waals surface area contributed by atoms with Crippen LogP contribution in [0.4, 0.5) is 5.69 Å². The van der Waals surface area contributed by atoms with Crippen LogP contribution < -0.4 is 21.2 Å². The summed E-state index contributed by atoms with van der Waals surface area (Å²) in [5.74, 6) is 0. The van der Waals surface area contributed by atoms with Crippen molar-refractivity contribution in [3.8, 4) is 0 Å². The van der Waals surface area contributed by atoms with E-state index in [0.717, 1.165) is 16.6 Å². The van der Waals surface area contributed by atoms with Crippen LogP contribution in [0, 0.1) is 0 Å². The van der Waals surface area contributed by atoms with Crippen molar-refractivity contribution >= 4 is 56.7 Å². The summed E-state index contributed by atoms with van der Waals surface area (Å²) in [6.45, 7) is 0. The molecule has 0 aromatic heterocycles. The summed E-state index contributed by atoms with van der Waals surface area (Å²) in [5, 5.41) is 6.89. The van der Waals surface area contributed by atoms with E-state index in [-0.39, 0.29) is 0 Å². The van der Waals surface area contributed by atoms with Crippen LogP contribution in [0.2, 0.25) is 0 Å². The van der Waals surface area contributed by atoms with Gasteiger partial charge in [-0.15, -0.1) is 0 Å². The quantitative estimate of drug-likeness (QED) is 0.345. The molecule has 0 aliphatic rings. The lowest BCUT2D eigenvalue weighted by atomic mass is 10.2. The van der Waals surface area contributed by atoms with Crippen LogP contribution in [0.3, 0.4) is 0 Å². The van der Waals surface area contributed by atoms with E-state index in [2.05, 4.69) is 72.0 Å². The molecule has 4 heteroatoms. The van der Waals surface area contributed by atoms with Gasteiger partial charge >= 0.3 is 0 Å². The average molecular weight is 430 g/mol. The molecule has 0 fully saturated rings. The van der Waals surface area contributed by atoms with Gasteiger partial charge in [-0.05, 0) is 28.0 Å². The molecule has 4 rings (SSSR count). The molecule has 1 nitrogen and oxygen atoms in total. The second-order valence-corrected chi connectivity index (χ2v) is 11.5. The predicted molar refractivity (Wildman–Crippen MR) is 134 cm³/mol. The maximum absolute atomic E-state index is 6.42. The second-order valence-electron chi connectivity index (χ2n) is 6.65. The highest BCUT2D eigenvalue weighted by Crippen LogP contribution is 2.43. The Labute approximate surface area is 182 Å². The Bertz CT molecular complexity index is 1120. The second kappa shape index (κ2) is 8.84. The Kier molecular flexibility index (Phi) is 6.01. The van der Waals surface area contributed by atoms with E-state index in [1.54, 1.807) is 0 Å². The van der Waals surface area contributed by atoms with Gasteiger partial charge in [-0.1, -0.05) is 127 Å². The minimum atomic E-state index is -2.17. The Hall–Kier alpha value is -2.58. The number of anilines is 1. The van der Waals surface area contributed by atoms with Crippen LogP contribution in [-0.4, -0.2) is 4.99 Å². The molecule has 0 atom stereocenters. The molecule has 0 saturated heterocycles. The van der Waals surface area contributed by atoms with E-state index >= 15 is 0 Å². The molecule has 29 heavy (non-hydrogen) atoms. The molecule has 142 valence electrons. The van der Waals surface area contributed by atoms with E-state index < -0.39 is 6.04 Å². The first-order valence-corrected chi connectivity index (χ1v) is 12.6. The normalized spacial score (nSPS) is 11.0. The van der Waals surface area contributed by atoms with Crippen molar-refractivity contribution < 1.29 is 0 Å². The van der Waals surface area contributed by atoms with Crippen molar-refractivity contribution in [1.29, 1.82) is 0 Å². The third kappa shape index (κ3) is 4.23. The summed E-state index contributed by atoms with van der Waals surface area (Å²) in [6.07, 6.45) is 0. The Morgan fingerprint density at radius 1 is 0.586 bits per heavy atom. The van der Waals surface area contributed by atoms with Crippen molar-refractivity contribution in [2.45, 2.75) is 0 Å². The minimum Gasteiger partial charge on any atom is -0.346 e. The zero-order valence-corrected chi connectivity index (χ0v) is 18.3. The van der Waals surface area contributed by atoms with Gasteiger partial charge in [0, 0.05) is 17.3 Å². The highest BCUT2D eigenvalue weighted by molar-refractivity contribution is 8.25. The number of hydrogen-bond acceptors (Lipinski definition) is 2. The molecule has 4 aromatic rings. The summed E-state index contributed by atoms with van der Waals surface area (Å²) < 4.78 is 0. The summed E-state index contributed by atoms with van der Waals surface area (Å²) in [4.78, 5) is 0.704. The minimum absolute atomic E-state index is 0.704. The largest absolute Gasteiger partial charge is 0.346 e. The highest BCUT2D eigenvalue weighted by atomic mass is 32.4. The maximum atomic E-state index is 6.42. The third-order valence-electron chi connectivity index (χ3n) is 4.74. The lowest BCUT2D eigenvalue weighted by molar-refractivity contribution is 1.62. The first-order valence-electron chi connectivity index (χ1n) is 9.36. The van der Waals surface area contributed by atoms with E-state index in [9.17, 15) is 0 Å². The first kappa shape index (κ1) is 19.7. The molecule has 0 radical (unpaired) electrons. The number of hydrogen-bond donors (Lipinski definition) is 1. The van der Waals surface area contributed by atoms with Crippen molar-refractivity contribution in [1.82, 2.24) is 0 Å². The van der Waals surface area contributed by atoms with Gasteiger partial charge in [-0.3, -0.25) is 0 Å². The number of nitrogens with one attached hydrogen (secondary N) is 1. The fraction of sp³-hybridized carbons (Fsp3) is 0. The number of thiocarbonyl (C=S) groups is 1. The van der Waals surface area contributed by atoms with Gasteiger partial charge in [0.25, 0.3) is 0 Å². The topological polar surface area (TPSA) is 12.0 Å². The van der Waals surface area contributed by atoms with Gasteiger partial charge in [-0.2, -0.15) is 0 Å². The molecule has 0 aliphatic heterocycles. The number of rotatable bonds is 5. The van der Waals surface area contributed by atoms with Gasteiger partial charge < -0.3 is 5.32 Å². The fourth-order valence-corrected chi connectivity index (χ4v) is 7.32. The molecular formula is C25H20NPS2. The van der Waals surface area contributed by atoms with Gasteiger partial charge in [0.05, 0.1) is 0 Å². The van der Waals surface area contributed by atoms with Crippen molar-refractivity contribution in [2.75, 3.05) is 5.32 Å². The van der Waals surface area contributed by atoms with Crippen LogP contribution in [0.25, 0.3) is 0 Å². The molecule has 0 saturated carbocycles. The monoisotopic (exact) mass is 429 g/mol. The van der Waals surface area contributed by atoms with E-state index in [1.807, 2.05) is 48.5 Å². The number of benzene rings is 4. The van der Waals surface area contributed by atoms with E-state index in [1.165, 1.54) is 10.6 Å². The molecule has 0 spiro atoms. The lowest BCUT2D eigenvalue weighted by Gasteiger charge is -2.24. The summed E-state index contributed by atoms with van der Waals surface area (Å²) >= 11 is 12.0. The Morgan fingerprint density at radius 3 is 1.62 bits per heavy atom. The van der Waals surface area contributed by atoms with E-state index in [4.69, 9.17) is 24.0 Å². The molecule has 0 heterocycles. The van der Waals surface area contributed by atoms with Gasteiger partial charge in [-0.25, -0.2) is 0 Å². The molecule has 0 bridgehead atoms. The average Bonchev–Trinajstić information content (AvgIpc) is 2.80.